The van der Waals surface area contributed by atoms with Crippen LogP contribution in [0.4, 0.5) is 0 Å². The van der Waals surface area contributed by atoms with Gasteiger partial charge in [-0.3, -0.25) is 9.79 Å². The lowest BCUT2D eigenvalue weighted by Crippen LogP contribution is -2.25. The Bertz CT molecular complexity index is 895. The van der Waals surface area contributed by atoms with E-state index in [2.05, 4.69) is 46.7 Å². The molecule has 1 amide bonds. The van der Waals surface area contributed by atoms with Gasteiger partial charge in [-0.25, -0.2) is 4.99 Å². The molecule has 0 saturated heterocycles. The van der Waals surface area contributed by atoms with Gasteiger partial charge in [-0.2, -0.15) is 0 Å². The summed E-state index contributed by atoms with van der Waals surface area (Å²) in [6.45, 7) is 9.13. The molecule has 4 nitrogen and oxygen atoms in total. The molecule has 1 aliphatic rings. The molecular weight excluding hydrogens is 438 g/mol. The minimum absolute atomic E-state index is 0.0248. The van der Waals surface area contributed by atoms with Crippen LogP contribution in [-0.2, 0) is 4.79 Å². The van der Waals surface area contributed by atoms with Crippen LogP contribution in [0.2, 0.25) is 0 Å². The van der Waals surface area contributed by atoms with Crippen molar-refractivity contribution in [3.05, 3.63) is 32.4 Å². The molecule has 0 aliphatic carbocycles. The van der Waals surface area contributed by atoms with Crippen LogP contribution in [0.15, 0.2) is 26.4 Å². The van der Waals surface area contributed by atoms with Crippen molar-refractivity contribution in [2.75, 3.05) is 18.8 Å². The number of hydrogen-bond acceptors (Lipinski definition) is 6. The van der Waals surface area contributed by atoms with Gasteiger partial charge in [-0.15, -0.1) is 29.3 Å². The number of amides is 1. The summed E-state index contributed by atoms with van der Waals surface area (Å²) in [7, 11) is 0. The minimum atomic E-state index is -0.0248. The first-order valence-corrected chi connectivity index (χ1v) is 11.2. The van der Waals surface area contributed by atoms with Crippen molar-refractivity contribution in [2.45, 2.75) is 20.3 Å². The van der Waals surface area contributed by atoms with E-state index < -0.39 is 0 Å². The lowest BCUT2D eigenvalue weighted by Gasteiger charge is -2.11. The number of carbonyl (C=O) groups is 1. The van der Waals surface area contributed by atoms with Crippen LogP contribution in [0.3, 0.4) is 0 Å². The Hall–Kier alpha value is -0.960. The number of amidine groups is 1. The van der Waals surface area contributed by atoms with Crippen LogP contribution in [0, 0.1) is 13.8 Å². The summed E-state index contributed by atoms with van der Waals surface area (Å²) in [5.74, 6) is 0.303. The molecule has 1 aliphatic heterocycles. The number of aliphatic imine (C=N–C) groups is 2. The summed E-state index contributed by atoms with van der Waals surface area (Å²) in [5, 5.41) is 4.81. The maximum Gasteiger partial charge on any atom is 0.230 e. The number of aryl methyl sites for hydroxylation is 2. The Balaban J connectivity index is 1.78. The fourth-order valence-corrected chi connectivity index (χ4v) is 6.93. The predicted octanol–water partition coefficient (Wildman–Crippen LogP) is 4.93. The Morgan fingerprint density at radius 2 is 2.20 bits per heavy atom. The van der Waals surface area contributed by atoms with Gasteiger partial charge in [-0.05, 0) is 40.9 Å². The third-order valence-corrected chi connectivity index (χ3v) is 8.31. The Kier molecular flexibility index (Phi) is 6.14. The number of carbonyl (C=O) groups excluding carboxylic acids is 1. The van der Waals surface area contributed by atoms with Crippen LogP contribution in [0.1, 0.15) is 22.4 Å². The number of nitrogens with zero attached hydrogens (tertiary/aromatic N) is 2. The summed E-state index contributed by atoms with van der Waals surface area (Å²) >= 11 is 8.61. The van der Waals surface area contributed by atoms with E-state index in [9.17, 15) is 4.79 Å². The summed E-state index contributed by atoms with van der Waals surface area (Å²) in [6.07, 6.45) is 2.52. The van der Waals surface area contributed by atoms with Crippen molar-refractivity contribution >= 4 is 76.6 Å². The fourth-order valence-electron chi connectivity index (χ4n) is 2.60. The smallest absolute Gasteiger partial charge is 0.230 e. The number of hydrogen-bond donors (Lipinski definition) is 1. The van der Waals surface area contributed by atoms with E-state index in [1.54, 1.807) is 28.7 Å². The van der Waals surface area contributed by atoms with E-state index in [-0.39, 0.29) is 5.91 Å². The van der Waals surface area contributed by atoms with Gasteiger partial charge in [0.25, 0.3) is 0 Å². The van der Waals surface area contributed by atoms with E-state index in [0.717, 1.165) is 18.7 Å². The van der Waals surface area contributed by atoms with Gasteiger partial charge in [0.1, 0.15) is 0 Å². The highest BCUT2D eigenvalue weighted by Gasteiger charge is 2.20. The average molecular weight is 456 g/mol. The third kappa shape index (κ3) is 4.07. The van der Waals surface area contributed by atoms with Crippen molar-refractivity contribution in [1.82, 2.24) is 5.32 Å². The van der Waals surface area contributed by atoms with Gasteiger partial charge >= 0.3 is 0 Å². The fraction of sp³-hybridized carbons (Fsp3) is 0.353. The second-order valence-electron chi connectivity index (χ2n) is 5.57. The number of thiophene rings is 2. The first-order chi connectivity index (χ1) is 12.0. The van der Waals surface area contributed by atoms with Gasteiger partial charge in [0.05, 0.1) is 24.1 Å². The highest BCUT2D eigenvalue weighted by Crippen LogP contribution is 2.43. The maximum atomic E-state index is 11.7. The summed E-state index contributed by atoms with van der Waals surface area (Å²) in [5.41, 5.74) is 3.69. The lowest BCUT2D eigenvalue weighted by atomic mass is 10.1. The summed E-state index contributed by atoms with van der Waals surface area (Å²) < 4.78 is 2.54. The molecule has 3 rings (SSSR count). The second-order valence-corrected chi connectivity index (χ2v) is 10.1. The SMILES string of the molecule is C=CCNC(=O)CSC1=NCCC(c2sc3sc(Br)c(C)c3c2C)=N1. The molecule has 1 N–H and O–H groups in total. The molecule has 2 aromatic rings. The molecule has 8 heteroatoms. The minimum Gasteiger partial charge on any atom is -0.352 e. The lowest BCUT2D eigenvalue weighted by molar-refractivity contribution is -0.118. The van der Waals surface area contributed by atoms with E-state index in [0.29, 0.717) is 17.5 Å². The second kappa shape index (κ2) is 8.16. The molecule has 132 valence electrons. The molecule has 3 heterocycles. The topological polar surface area (TPSA) is 53.8 Å². The molecule has 0 aromatic carbocycles. The molecule has 0 unspecified atom stereocenters. The summed E-state index contributed by atoms with van der Waals surface area (Å²) in [4.78, 5) is 22.1. The molecular formula is C17H18BrN3OS3. The van der Waals surface area contributed by atoms with Crippen molar-refractivity contribution in [3.8, 4) is 0 Å². The van der Waals surface area contributed by atoms with Crippen LogP contribution in [0.25, 0.3) is 9.40 Å². The van der Waals surface area contributed by atoms with Gasteiger partial charge < -0.3 is 5.32 Å². The number of thioether (sulfide) groups is 1. The number of halogens is 1. The predicted molar refractivity (Wildman–Crippen MR) is 116 cm³/mol. The molecule has 0 atom stereocenters. The van der Waals surface area contributed by atoms with E-state index in [1.807, 2.05) is 0 Å². The highest BCUT2D eigenvalue weighted by atomic mass is 79.9. The van der Waals surface area contributed by atoms with Gasteiger partial charge in [0, 0.05) is 24.9 Å². The third-order valence-electron chi connectivity index (χ3n) is 3.83. The Labute approximate surface area is 167 Å². The first kappa shape index (κ1) is 18.8. The van der Waals surface area contributed by atoms with E-state index >= 15 is 0 Å². The number of nitrogens with one attached hydrogen (secondary N) is 1. The van der Waals surface area contributed by atoms with E-state index in [1.165, 1.54) is 41.0 Å². The zero-order chi connectivity index (χ0) is 18.0. The normalized spacial score (nSPS) is 14.4. The Morgan fingerprint density at radius 1 is 1.40 bits per heavy atom. The monoisotopic (exact) mass is 455 g/mol. The van der Waals surface area contributed by atoms with Crippen molar-refractivity contribution in [3.63, 3.8) is 0 Å². The molecule has 0 bridgehead atoms. The molecule has 0 spiro atoms. The Morgan fingerprint density at radius 3 is 2.92 bits per heavy atom. The highest BCUT2D eigenvalue weighted by molar-refractivity contribution is 9.11. The summed E-state index contributed by atoms with van der Waals surface area (Å²) in [6, 6.07) is 0. The van der Waals surface area contributed by atoms with E-state index in [4.69, 9.17) is 4.99 Å². The van der Waals surface area contributed by atoms with Gasteiger partial charge in [0.2, 0.25) is 5.91 Å². The zero-order valence-electron chi connectivity index (χ0n) is 14.0. The quantitative estimate of drug-likeness (QED) is 0.649. The molecule has 0 radical (unpaired) electrons. The molecule has 25 heavy (non-hydrogen) atoms. The van der Waals surface area contributed by atoms with Gasteiger partial charge in [0.15, 0.2) is 5.17 Å². The first-order valence-electron chi connectivity index (χ1n) is 7.82. The van der Waals surface area contributed by atoms with Crippen LogP contribution in [0.5, 0.6) is 0 Å². The van der Waals surface area contributed by atoms with Crippen molar-refractivity contribution < 1.29 is 4.79 Å². The van der Waals surface area contributed by atoms with Crippen LogP contribution >= 0.6 is 50.4 Å². The molecule has 0 fully saturated rings. The van der Waals surface area contributed by atoms with Crippen molar-refractivity contribution in [1.29, 1.82) is 0 Å². The molecule has 2 aromatic heterocycles. The van der Waals surface area contributed by atoms with Crippen LogP contribution < -0.4 is 5.32 Å². The zero-order valence-corrected chi connectivity index (χ0v) is 18.1. The number of rotatable bonds is 5. The average Bonchev–Trinajstić information content (AvgIpc) is 3.08. The van der Waals surface area contributed by atoms with Gasteiger partial charge in [-0.1, -0.05) is 17.8 Å². The number of fused-ring (bicyclic) bond motifs is 1. The maximum absolute atomic E-state index is 11.7. The van der Waals surface area contributed by atoms with Crippen LogP contribution in [-0.4, -0.2) is 35.6 Å². The van der Waals surface area contributed by atoms with Crippen molar-refractivity contribution in [2.24, 2.45) is 9.98 Å². The standard InChI is InChI=1S/C17H18BrN3OS3/c1-4-6-19-12(22)8-23-17-20-7-5-11(21-17)14-9(2)13-10(3)15(18)25-16(13)24-14/h4H,1,5-8H2,2-3H3,(H,19,22). The largest absolute Gasteiger partial charge is 0.352 e. The molecule has 0 saturated carbocycles.